The van der Waals surface area contributed by atoms with Gasteiger partial charge in [0.15, 0.2) is 0 Å². The molecule has 12 heteroatoms. The first-order valence-corrected chi connectivity index (χ1v) is 14.5. The zero-order valence-electron chi connectivity index (χ0n) is 21.2. The fourth-order valence-corrected chi connectivity index (χ4v) is 5.19. The van der Waals surface area contributed by atoms with Gasteiger partial charge in [0.05, 0.1) is 11.3 Å². The van der Waals surface area contributed by atoms with E-state index in [1.807, 2.05) is 0 Å². The zero-order chi connectivity index (χ0) is 29.1. The van der Waals surface area contributed by atoms with Crippen molar-refractivity contribution in [1.82, 2.24) is 5.01 Å². The van der Waals surface area contributed by atoms with Crippen LogP contribution in [-0.4, -0.2) is 44.2 Å². The second kappa shape index (κ2) is 11.7. The number of halogens is 4. The Morgan fingerprint density at radius 2 is 1.83 bits per heavy atom. The van der Waals surface area contributed by atoms with Crippen molar-refractivity contribution in [3.8, 4) is 16.5 Å². The summed E-state index contributed by atoms with van der Waals surface area (Å²) in [6.07, 6.45) is -4.35. The van der Waals surface area contributed by atoms with Crippen LogP contribution in [0.3, 0.4) is 0 Å². The molecule has 2 unspecified atom stereocenters. The molecule has 2 atom stereocenters. The molecule has 0 aromatic heterocycles. The number of hydrogen-bond acceptors (Lipinski definition) is 6. The van der Waals surface area contributed by atoms with E-state index in [9.17, 15) is 27.2 Å². The fourth-order valence-electron chi connectivity index (χ4n) is 4.65. The molecule has 0 saturated heterocycles. The van der Waals surface area contributed by atoms with E-state index >= 15 is 0 Å². The van der Waals surface area contributed by atoms with Crippen LogP contribution in [-0.2, 0) is 22.2 Å². The molecule has 41 heavy (non-hydrogen) atoms. The van der Waals surface area contributed by atoms with Gasteiger partial charge in [-0.25, -0.2) is 4.39 Å². The number of rotatable bonds is 7. The van der Waals surface area contributed by atoms with Gasteiger partial charge >= 0.3 is 138 Å². The van der Waals surface area contributed by atoms with E-state index in [1.165, 1.54) is 36.4 Å². The molecule has 0 bridgehead atoms. The molecule has 0 radical (unpaired) electrons. The van der Waals surface area contributed by atoms with Gasteiger partial charge in [0, 0.05) is 6.42 Å². The summed E-state index contributed by atoms with van der Waals surface area (Å²) in [5, 5.41) is 14.8. The van der Waals surface area contributed by atoms with Crippen LogP contribution >= 0.6 is 0 Å². The van der Waals surface area contributed by atoms with Crippen molar-refractivity contribution in [1.29, 1.82) is 5.26 Å². The van der Waals surface area contributed by atoms with Crippen molar-refractivity contribution in [2.45, 2.75) is 30.4 Å². The molecule has 7 nitrogen and oxygen atoms in total. The summed E-state index contributed by atoms with van der Waals surface area (Å²) in [4.78, 5) is 28.8. The Morgan fingerprint density at radius 3 is 2.51 bits per heavy atom. The first-order chi connectivity index (χ1) is 19.6. The Hall–Kier alpha value is -4.20. The minimum absolute atomic E-state index is 0.0302. The maximum absolute atomic E-state index is 13.8. The number of ether oxygens (including phenoxy) is 2. The predicted octanol–water partition coefficient (Wildman–Crippen LogP) is 5.28. The molecule has 2 aliphatic heterocycles. The molecule has 0 fully saturated rings. The fraction of sp³-hybridized carbons (Fsp3) is 0.241. The number of esters is 1. The Balaban J connectivity index is 1.40. The Bertz CT molecular complexity index is 1540. The van der Waals surface area contributed by atoms with E-state index in [4.69, 9.17) is 14.7 Å². The average Bonchev–Trinajstić information content (AvgIpc) is 3.40. The van der Waals surface area contributed by atoms with E-state index in [-0.39, 0.29) is 33.5 Å². The van der Waals surface area contributed by atoms with Crippen molar-refractivity contribution in [3.05, 3.63) is 94.8 Å². The molecule has 3 aromatic rings. The minimum atomic E-state index is -4.53. The predicted molar refractivity (Wildman–Crippen MR) is 140 cm³/mol. The number of hydrazone groups is 1. The van der Waals surface area contributed by atoms with E-state index in [2.05, 4.69) is 10.1 Å². The molecule has 0 aliphatic carbocycles. The van der Waals surface area contributed by atoms with E-state index in [0.717, 1.165) is 17.1 Å². The quantitative estimate of drug-likeness (QED) is 0.0885. The van der Waals surface area contributed by atoms with Gasteiger partial charge in [0.1, 0.15) is 5.82 Å². The first-order valence-electron chi connectivity index (χ1n) is 12.5. The molecule has 3 aromatic carbocycles. The molecule has 210 valence electrons. The zero-order valence-corrected chi connectivity index (χ0v) is 22.9. The maximum atomic E-state index is 13.8. The van der Waals surface area contributed by atoms with Gasteiger partial charge in [-0.05, 0) is 35.4 Å². The van der Waals surface area contributed by atoms with Crippen molar-refractivity contribution in [2.75, 3.05) is 6.61 Å². The normalized spacial score (nSPS) is 18.3. The molecule has 0 saturated carbocycles. The van der Waals surface area contributed by atoms with Gasteiger partial charge < -0.3 is 0 Å². The Labute approximate surface area is 238 Å². The molecular formula is C29H21F4N3O4Se. The van der Waals surface area contributed by atoms with Crippen LogP contribution in [0.25, 0.3) is 0 Å². The number of hydrogen-bond donors (Lipinski definition) is 0. The standard InChI is InChI=1S/C29H21F4N3O4Se/c30-21-8-3-17(4-9-21)24-15-25(18-1-6-20(7-2-18)29(31,32)33)36(35-24)27(37)23-13-19-5-10-22(39-11-12-41-16-34)14-26(19)40-28(23)38/h1-10,14,23,25H,11-13,15H2. The second-order valence-electron chi connectivity index (χ2n) is 9.31. The van der Waals surface area contributed by atoms with Gasteiger partial charge in [-0.1, -0.05) is 24.3 Å². The average molecular weight is 630 g/mol. The summed E-state index contributed by atoms with van der Waals surface area (Å²) in [5.74, 6) is -2.42. The number of carbonyl (C=O) groups excluding carboxylic acids is 2. The van der Waals surface area contributed by atoms with E-state index in [1.54, 1.807) is 18.2 Å². The summed E-state index contributed by atoms with van der Waals surface area (Å²) in [6, 6.07) is 14.1. The van der Waals surface area contributed by atoms with Crippen LogP contribution in [0.1, 0.15) is 34.7 Å². The molecule has 1 amide bonds. The third-order valence-corrected chi connectivity index (χ3v) is 7.76. The van der Waals surface area contributed by atoms with Crippen LogP contribution < -0.4 is 9.47 Å². The molecule has 2 heterocycles. The molecule has 5 rings (SSSR count). The third-order valence-electron chi connectivity index (χ3n) is 6.71. The van der Waals surface area contributed by atoms with Gasteiger partial charge in [-0.3, -0.25) is 0 Å². The monoisotopic (exact) mass is 631 g/mol. The topological polar surface area (TPSA) is 92.0 Å². The number of benzene rings is 3. The van der Waals surface area contributed by atoms with Gasteiger partial charge in [0.25, 0.3) is 0 Å². The van der Waals surface area contributed by atoms with Crippen LogP contribution in [0.5, 0.6) is 11.5 Å². The number of nitrogens with zero attached hydrogens (tertiary/aromatic N) is 3. The van der Waals surface area contributed by atoms with Crippen molar-refractivity contribution >= 4 is 32.5 Å². The molecule has 0 spiro atoms. The van der Waals surface area contributed by atoms with Crippen molar-refractivity contribution < 1.29 is 36.6 Å². The van der Waals surface area contributed by atoms with Crippen molar-refractivity contribution in [3.63, 3.8) is 0 Å². The summed E-state index contributed by atoms with van der Waals surface area (Å²) in [5.41, 5.74) is 1.13. The van der Waals surface area contributed by atoms with E-state index in [0.29, 0.717) is 40.1 Å². The van der Waals surface area contributed by atoms with Gasteiger partial charge in [0.2, 0.25) is 0 Å². The van der Waals surface area contributed by atoms with Gasteiger partial charge in [-0.2, -0.15) is 13.2 Å². The summed E-state index contributed by atoms with van der Waals surface area (Å²) < 4.78 is 64.1. The van der Waals surface area contributed by atoms with Crippen LogP contribution in [0.4, 0.5) is 17.6 Å². The summed E-state index contributed by atoms with van der Waals surface area (Å²) >= 11 is -0.179. The Morgan fingerprint density at radius 1 is 1.10 bits per heavy atom. The second-order valence-corrected chi connectivity index (χ2v) is 11.2. The van der Waals surface area contributed by atoms with Gasteiger partial charge in [-0.15, -0.1) is 0 Å². The number of nitriles is 1. The van der Waals surface area contributed by atoms with Crippen LogP contribution in [0.15, 0.2) is 71.8 Å². The van der Waals surface area contributed by atoms with E-state index < -0.39 is 41.4 Å². The van der Waals surface area contributed by atoms with Crippen LogP contribution in [0.2, 0.25) is 5.32 Å². The Kier molecular flexibility index (Phi) is 8.10. The molecule has 0 N–H and O–H groups in total. The number of carbonyl (C=O) groups is 2. The third kappa shape index (κ3) is 6.26. The number of fused-ring (bicyclic) bond motifs is 1. The molecule has 2 aliphatic rings. The number of amides is 1. The first kappa shape index (κ1) is 28.3. The summed E-state index contributed by atoms with van der Waals surface area (Å²) in [7, 11) is 0. The molecular weight excluding hydrogens is 609 g/mol. The van der Waals surface area contributed by atoms with Crippen molar-refractivity contribution in [2.24, 2.45) is 11.0 Å². The SMILES string of the molecule is N#C[Se]CCOc1ccc2c(c1)OC(=O)C(C(=O)N1N=C(c3ccc(F)cc3)CC1c1ccc(C(F)(F)F)cc1)C2. The van der Waals surface area contributed by atoms with Crippen LogP contribution in [0, 0.1) is 22.0 Å². The number of alkyl halides is 3. The summed E-state index contributed by atoms with van der Waals surface area (Å²) in [6.45, 7) is 0.343.